The van der Waals surface area contributed by atoms with Crippen molar-refractivity contribution in [1.29, 1.82) is 0 Å². The van der Waals surface area contributed by atoms with Crippen molar-refractivity contribution in [2.45, 2.75) is 30.7 Å². The van der Waals surface area contributed by atoms with E-state index in [4.69, 9.17) is 0 Å². The molecule has 0 saturated carbocycles. The first-order valence-corrected chi connectivity index (χ1v) is 11.9. The minimum atomic E-state index is -3.15. The van der Waals surface area contributed by atoms with Crippen LogP contribution in [0.5, 0.6) is 0 Å². The van der Waals surface area contributed by atoms with Crippen molar-refractivity contribution in [1.82, 2.24) is 10.6 Å². The summed E-state index contributed by atoms with van der Waals surface area (Å²) < 4.78 is 23.1. The van der Waals surface area contributed by atoms with E-state index in [1.807, 2.05) is 12.1 Å². The van der Waals surface area contributed by atoms with Crippen LogP contribution in [0.3, 0.4) is 0 Å². The molecule has 8 heteroatoms. The maximum absolute atomic E-state index is 11.5. The van der Waals surface area contributed by atoms with E-state index in [0.717, 1.165) is 44.0 Å². The quantitative estimate of drug-likeness (QED) is 0.320. The van der Waals surface area contributed by atoms with Crippen molar-refractivity contribution < 1.29 is 8.42 Å². The van der Waals surface area contributed by atoms with E-state index in [0.29, 0.717) is 10.9 Å². The zero-order chi connectivity index (χ0) is 20.9. The Morgan fingerprint density at radius 2 is 1.83 bits per heavy atom. The zero-order valence-corrected chi connectivity index (χ0v) is 20.9. The van der Waals surface area contributed by atoms with Crippen LogP contribution >= 0.6 is 24.0 Å². The topological polar surface area (TPSA) is 73.8 Å². The van der Waals surface area contributed by atoms with Gasteiger partial charge in [-0.25, -0.2) is 8.42 Å². The number of hydrogen-bond acceptors (Lipinski definition) is 4. The summed E-state index contributed by atoms with van der Waals surface area (Å²) in [5.74, 6) is 0.775. The van der Waals surface area contributed by atoms with Gasteiger partial charge in [0.15, 0.2) is 15.8 Å². The predicted molar refractivity (Wildman–Crippen MR) is 135 cm³/mol. The van der Waals surface area contributed by atoms with Crippen LogP contribution in [-0.2, 0) is 22.7 Å². The molecule has 1 aliphatic rings. The summed E-state index contributed by atoms with van der Waals surface area (Å²) in [4.78, 5) is 7.10. The second kappa shape index (κ2) is 11.0. The Kier molecular flexibility index (Phi) is 8.96. The average Bonchev–Trinajstić information content (AvgIpc) is 3.14. The van der Waals surface area contributed by atoms with Crippen LogP contribution in [0.2, 0.25) is 0 Å². The first-order chi connectivity index (χ1) is 13.9. The molecule has 1 unspecified atom stereocenters. The van der Waals surface area contributed by atoms with Crippen LogP contribution in [0.1, 0.15) is 18.1 Å². The van der Waals surface area contributed by atoms with Gasteiger partial charge in [0, 0.05) is 44.7 Å². The van der Waals surface area contributed by atoms with Crippen molar-refractivity contribution in [3.05, 3.63) is 59.7 Å². The average molecular weight is 542 g/mol. The smallest absolute Gasteiger partial charge is 0.191 e. The van der Waals surface area contributed by atoms with Crippen molar-refractivity contribution in [3.8, 4) is 0 Å². The second-order valence-electron chi connectivity index (χ2n) is 7.47. The number of hydrogen-bond donors (Lipinski definition) is 2. The molecule has 30 heavy (non-hydrogen) atoms. The number of sulfone groups is 1. The van der Waals surface area contributed by atoms with Crippen LogP contribution in [0.15, 0.2) is 58.4 Å². The lowest BCUT2D eigenvalue weighted by Crippen LogP contribution is -2.46. The molecule has 1 atom stereocenters. The van der Waals surface area contributed by atoms with Gasteiger partial charge in [-0.1, -0.05) is 30.3 Å². The SMILES string of the molecule is CN=C(NCCc1ccc(S(C)(=O)=O)cc1)NCC(C)N1CCc2ccccc21.I. The van der Waals surface area contributed by atoms with Crippen molar-refractivity contribution in [2.24, 2.45) is 4.99 Å². The van der Waals surface area contributed by atoms with Crippen molar-refractivity contribution in [2.75, 3.05) is 37.8 Å². The van der Waals surface area contributed by atoms with E-state index in [-0.39, 0.29) is 24.0 Å². The number of fused-ring (bicyclic) bond motifs is 1. The molecule has 0 aliphatic carbocycles. The highest BCUT2D eigenvalue weighted by atomic mass is 127. The third-order valence-corrected chi connectivity index (χ3v) is 6.43. The third kappa shape index (κ3) is 6.34. The van der Waals surface area contributed by atoms with E-state index in [2.05, 4.69) is 51.7 Å². The molecule has 0 fully saturated rings. The fourth-order valence-corrected chi connectivity index (χ4v) is 4.26. The molecular formula is C22H31IN4O2S. The number of benzene rings is 2. The van der Waals surface area contributed by atoms with Gasteiger partial charge in [-0.3, -0.25) is 4.99 Å². The highest BCUT2D eigenvalue weighted by molar-refractivity contribution is 14.0. The molecule has 164 valence electrons. The summed E-state index contributed by atoms with van der Waals surface area (Å²) in [6, 6.07) is 16.0. The van der Waals surface area contributed by atoms with Gasteiger partial charge in [-0.15, -0.1) is 24.0 Å². The number of anilines is 1. The summed E-state index contributed by atoms with van der Waals surface area (Å²) in [5.41, 5.74) is 3.84. The number of nitrogens with zero attached hydrogens (tertiary/aromatic N) is 2. The van der Waals surface area contributed by atoms with Crippen LogP contribution in [0.4, 0.5) is 5.69 Å². The lowest BCUT2D eigenvalue weighted by Gasteiger charge is -2.28. The molecule has 1 heterocycles. The minimum absolute atomic E-state index is 0. The lowest BCUT2D eigenvalue weighted by molar-refractivity contribution is 0.602. The first kappa shape index (κ1) is 24.5. The Hall–Kier alpha value is -1.81. The Bertz CT molecular complexity index is 961. The Balaban J connectivity index is 0.00000320. The molecule has 3 rings (SSSR count). The van der Waals surface area contributed by atoms with Crippen LogP contribution < -0.4 is 15.5 Å². The van der Waals surface area contributed by atoms with E-state index < -0.39 is 9.84 Å². The summed E-state index contributed by atoms with van der Waals surface area (Å²) in [7, 11) is -1.38. The fourth-order valence-electron chi connectivity index (χ4n) is 3.63. The Labute approximate surface area is 197 Å². The maximum Gasteiger partial charge on any atom is 0.191 e. The summed E-state index contributed by atoms with van der Waals surface area (Å²) in [6.07, 6.45) is 3.12. The van der Waals surface area contributed by atoms with Crippen molar-refractivity contribution in [3.63, 3.8) is 0 Å². The second-order valence-corrected chi connectivity index (χ2v) is 9.48. The Morgan fingerprint density at radius 1 is 1.13 bits per heavy atom. The first-order valence-electron chi connectivity index (χ1n) is 9.96. The van der Waals surface area contributed by atoms with E-state index in [1.54, 1.807) is 19.2 Å². The number of aliphatic imine (C=N–C) groups is 1. The van der Waals surface area contributed by atoms with Crippen LogP contribution in [0.25, 0.3) is 0 Å². The molecule has 0 aromatic heterocycles. The monoisotopic (exact) mass is 542 g/mol. The highest BCUT2D eigenvalue weighted by Crippen LogP contribution is 2.28. The molecule has 0 bridgehead atoms. The lowest BCUT2D eigenvalue weighted by atomic mass is 10.1. The van der Waals surface area contributed by atoms with Gasteiger partial charge in [-0.05, 0) is 49.1 Å². The van der Waals surface area contributed by atoms with Gasteiger partial charge < -0.3 is 15.5 Å². The van der Waals surface area contributed by atoms with E-state index >= 15 is 0 Å². The predicted octanol–water partition coefficient (Wildman–Crippen LogP) is 2.87. The van der Waals surface area contributed by atoms with Crippen LogP contribution in [-0.4, -0.2) is 53.4 Å². The molecule has 0 spiro atoms. The van der Waals surface area contributed by atoms with Gasteiger partial charge in [0.05, 0.1) is 4.90 Å². The zero-order valence-electron chi connectivity index (χ0n) is 17.8. The molecule has 0 radical (unpaired) electrons. The molecule has 2 aromatic rings. The Morgan fingerprint density at radius 3 is 2.50 bits per heavy atom. The number of guanidine groups is 1. The third-order valence-electron chi connectivity index (χ3n) is 5.30. The van der Waals surface area contributed by atoms with E-state index in [1.165, 1.54) is 17.5 Å². The molecule has 0 amide bonds. The molecule has 2 N–H and O–H groups in total. The van der Waals surface area contributed by atoms with Crippen molar-refractivity contribution >= 4 is 45.5 Å². The van der Waals surface area contributed by atoms with Gasteiger partial charge >= 0.3 is 0 Å². The standard InChI is InChI=1S/C22H30N4O2S.HI/c1-17(26-15-13-19-6-4-5-7-21(19)26)16-25-22(23-2)24-14-12-18-8-10-20(11-9-18)29(3,27)28;/h4-11,17H,12-16H2,1-3H3,(H2,23,24,25);1H. The highest BCUT2D eigenvalue weighted by Gasteiger charge is 2.22. The molecule has 2 aromatic carbocycles. The maximum atomic E-state index is 11.5. The summed E-state index contributed by atoms with van der Waals surface area (Å²) >= 11 is 0. The summed E-state index contributed by atoms with van der Waals surface area (Å²) in [5, 5.41) is 6.74. The molecular weight excluding hydrogens is 511 g/mol. The van der Waals surface area contributed by atoms with Crippen LogP contribution in [0, 0.1) is 0 Å². The molecule has 0 saturated heterocycles. The van der Waals surface area contributed by atoms with E-state index in [9.17, 15) is 8.42 Å². The van der Waals surface area contributed by atoms with Gasteiger partial charge in [0.1, 0.15) is 0 Å². The number of para-hydroxylation sites is 1. The van der Waals surface area contributed by atoms with Gasteiger partial charge in [0.2, 0.25) is 0 Å². The number of halogens is 1. The summed E-state index contributed by atoms with van der Waals surface area (Å²) in [6.45, 7) is 4.80. The normalized spacial score (nSPS) is 14.6. The number of rotatable bonds is 7. The number of nitrogens with one attached hydrogen (secondary N) is 2. The van der Waals surface area contributed by atoms with Gasteiger partial charge in [0.25, 0.3) is 0 Å². The fraction of sp³-hybridized carbons (Fsp3) is 0.409. The molecule has 1 aliphatic heterocycles. The largest absolute Gasteiger partial charge is 0.366 e. The molecule has 6 nitrogen and oxygen atoms in total. The minimum Gasteiger partial charge on any atom is -0.366 e. The van der Waals surface area contributed by atoms with Gasteiger partial charge in [-0.2, -0.15) is 0 Å².